The monoisotopic (exact) mass is 231 g/mol. The highest BCUT2D eigenvalue weighted by Crippen LogP contribution is 2.27. The zero-order valence-electron chi connectivity index (χ0n) is 5.62. The van der Waals surface area contributed by atoms with E-state index in [1.165, 1.54) is 11.3 Å². The average Bonchev–Trinajstić information content (AvgIpc) is 2.36. The Bertz CT molecular complexity index is 278. The van der Waals surface area contributed by atoms with Crippen LogP contribution in [0.3, 0.4) is 0 Å². The maximum absolute atomic E-state index is 9.31. The summed E-state index contributed by atoms with van der Waals surface area (Å²) in [7, 11) is 0. The van der Waals surface area contributed by atoms with Crippen LogP contribution in [-0.2, 0) is 0 Å². The fourth-order valence-electron chi connectivity index (χ4n) is 0.684. The molecule has 0 radical (unpaired) electrons. The fraction of sp³-hybridized carbons (Fsp3) is 0.286. The molecule has 0 spiro atoms. The molecule has 1 aromatic rings. The third-order valence-corrected chi connectivity index (χ3v) is 2.91. The molecule has 1 aromatic heterocycles. The molecule has 11 heavy (non-hydrogen) atoms. The molecule has 0 aliphatic carbocycles. The molecule has 1 atom stereocenters. The number of thiophene rings is 1. The predicted octanol–water partition coefficient (Wildman–Crippen LogP) is 2.46. The van der Waals surface area contributed by atoms with Crippen LogP contribution in [0.5, 0.6) is 0 Å². The molecule has 1 heterocycles. The molecule has 0 aliphatic rings. The summed E-state index contributed by atoms with van der Waals surface area (Å²) in [6, 6.07) is 3.69. The van der Waals surface area contributed by atoms with Gasteiger partial charge in [-0.05, 0) is 28.1 Å². The van der Waals surface area contributed by atoms with E-state index in [2.05, 4.69) is 20.8 Å². The molecule has 2 nitrogen and oxygen atoms in total. The first-order valence-electron chi connectivity index (χ1n) is 3.00. The molecule has 0 aromatic carbocycles. The van der Waals surface area contributed by atoms with E-state index >= 15 is 0 Å². The van der Waals surface area contributed by atoms with E-state index in [-0.39, 0.29) is 6.54 Å². The van der Waals surface area contributed by atoms with Crippen LogP contribution in [0.15, 0.2) is 15.9 Å². The molecule has 0 amide bonds. The number of hydrogen-bond donors (Lipinski definition) is 1. The van der Waals surface area contributed by atoms with E-state index in [0.29, 0.717) is 0 Å². The van der Waals surface area contributed by atoms with Crippen LogP contribution >= 0.6 is 27.3 Å². The molecule has 0 saturated carbocycles. The lowest BCUT2D eigenvalue weighted by Crippen LogP contribution is -1.95. The molecule has 58 valence electrons. The van der Waals surface area contributed by atoms with Gasteiger partial charge in [-0.15, -0.1) is 11.3 Å². The van der Waals surface area contributed by atoms with Gasteiger partial charge in [0.2, 0.25) is 6.54 Å². The van der Waals surface area contributed by atoms with Gasteiger partial charge >= 0.3 is 0 Å². The van der Waals surface area contributed by atoms with Gasteiger partial charge in [-0.25, -0.2) is 6.57 Å². The summed E-state index contributed by atoms with van der Waals surface area (Å²) in [4.78, 5) is 3.95. The quantitative estimate of drug-likeness (QED) is 0.778. The van der Waals surface area contributed by atoms with Crippen LogP contribution in [0.2, 0.25) is 0 Å². The molecule has 1 unspecified atom stereocenters. The van der Waals surface area contributed by atoms with Crippen molar-refractivity contribution in [3.8, 4) is 0 Å². The van der Waals surface area contributed by atoms with Gasteiger partial charge in [0.25, 0.3) is 0 Å². The third-order valence-electron chi connectivity index (χ3n) is 1.19. The smallest absolute Gasteiger partial charge is 0.245 e. The Morgan fingerprint density at radius 1 is 1.73 bits per heavy atom. The van der Waals surface area contributed by atoms with E-state index in [1.54, 1.807) is 0 Å². The summed E-state index contributed by atoms with van der Waals surface area (Å²) in [5.74, 6) is 0. The number of aliphatic hydroxyl groups is 1. The van der Waals surface area contributed by atoms with Gasteiger partial charge in [0.15, 0.2) is 6.10 Å². The van der Waals surface area contributed by atoms with Crippen LogP contribution in [0.4, 0.5) is 0 Å². The Kier molecular flexibility index (Phi) is 3.06. The lowest BCUT2D eigenvalue weighted by Gasteiger charge is -1.97. The van der Waals surface area contributed by atoms with Gasteiger partial charge in [0, 0.05) is 4.88 Å². The van der Waals surface area contributed by atoms with Gasteiger partial charge in [-0.3, -0.25) is 0 Å². The first-order chi connectivity index (χ1) is 5.24. The minimum Gasteiger partial charge on any atom is -0.380 e. The Morgan fingerprint density at radius 2 is 2.45 bits per heavy atom. The van der Waals surface area contributed by atoms with Gasteiger partial charge in [-0.2, -0.15) is 0 Å². The summed E-state index contributed by atoms with van der Waals surface area (Å²) < 4.78 is 0.983. The van der Waals surface area contributed by atoms with Crippen molar-refractivity contribution in [3.05, 3.63) is 32.2 Å². The minimum atomic E-state index is -0.621. The van der Waals surface area contributed by atoms with Crippen molar-refractivity contribution in [1.29, 1.82) is 0 Å². The van der Waals surface area contributed by atoms with Gasteiger partial charge < -0.3 is 9.95 Å². The third kappa shape index (κ3) is 2.29. The van der Waals surface area contributed by atoms with E-state index in [1.807, 2.05) is 12.1 Å². The zero-order chi connectivity index (χ0) is 8.27. The second-order valence-electron chi connectivity index (χ2n) is 2.00. The summed E-state index contributed by atoms with van der Waals surface area (Å²) in [6.07, 6.45) is -0.621. The van der Waals surface area contributed by atoms with E-state index < -0.39 is 6.10 Å². The first-order valence-corrected chi connectivity index (χ1v) is 4.61. The van der Waals surface area contributed by atoms with E-state index in [0.717, 1.165) is 8.66 Å². The highest BCUT2D eigenvalue weighted by molar-refractivity contribution is 9.11. The van der Waals surface area contributed by atoms with Crippen molar-refractivity contribution in [3.63, 3.8) is 0 Å². The van der Waals surface area contributed by atoms with Crippen molar-refractivity contribution in [2.24, 2.45) is 0 Å². The number of rotatable bonds is 2. The van der Waals surface area contributed by atoms with Crippen LogP contribution in [0.1, 0.15) is 11.0 Å². The molecule has 1 N–H and O–H groups in total. The summed E-state index contributed by atoms with van der Waals surface area (Å²) in [6.45, 7) is 6.69. The first kappa shape index (κ1) is 8.72. The number of halogens is 1. The number of hydrogen-bond acceptors (Lipinski definition) is 2. The SMILES string of the molecule is [C-]#[N+]CC(O)c1ccc(Br)s1. The lowest BCUT2D eigenvalue weighted by molar-refractivity contribution is 0.199. The second-order valence-corrected chi connectivity index (χ2v) is 4.49. The Hall–Kier alpha value is -0.370. The van der Waals surface area contributed by atoms with Crippen molar-refractivity contribution < 1.29 is 5.11 Å². The average molecular weight is 232 g/mol. The molecular weight excluding hydrogens is 226 g/mol. The molecule has 4 heteroatoms. The van der Waals surface area contributed by atoms with Gasteiger partial charge in [0.05, 0.1) is 3.79 Å². The largest absolute Gasteiger partial charge is 0.380 e. The maximum Gasteiger partial charge on any atom is 0.245 e. The Balaban J connectivity index is 2.70. The van der Waals surface area contributed by atoms with Crippen LogP contribution < -0.4 is 0 Å². The standard InChI is InChI=1S/C7H6BrNOS/c1-9-4-5(10)6-2-3-7(8)11-6/h2-3,5,10H,4H2. The molecular formula is C7H6BrNOS. The van der Waals surface area contributed by atoms with Crippen LogP contribution in [-0.4, -0.2) is 11.7 Å². The summed E-state index contributed by atoms with van der Waals surface area (Å²) in [5, 5.41) is 9.31. The zero-order valence-corrected chi connectivity index (χ0v) is 8.02. The van der Waals surface area contributed by atoms with E-state index in [9.17, 15) is 5.11 Å². The van der Waals surface area contributed by atoms with Crippen LogP contribution in [0.25, 0.3) is 4.85 Å². The van der Waals surface area contributed by atoms with Crippen molar-refractivity contribution >= 4 is 27.3 Å². The molecule has 1 rings (SSSR count). The van der Waals surface area contributed by atoms with Crippen molar-refractivity contribution in [2.45, 2.75) is 6.10 Å². The second kappa shape index (κ2) is 3.86. The normalized spacial score (nSPS) is 12.5. The lowest BCUT2D eigenvalue weighted by atomic mass is 10.3. The maximum atomic E-state index is 9.31. The summed E-state index contributed by atoms with van der Waals surface area (Å²) >= 11 is 4.74. The minimum absolute atomic E-state index is 0.146. The van der Waals surface area contributed by atoms with Gasteiger partial charge in [-0.1, -0.05) is 0 Å². The van der Waals surface area contributed by atoms with Gasteiger partial charge in [0.1, 0.15) is 0 Å². The highest BCUT2D eigenvalue weighted by atomic mass is 79.9. The highest BCUT2D eigenvalue weighted by Gasteiger charge is 2.11. The van der Waals surface area contributed by atoms with E-state index in [4.69, 9.17) is 6.57 Å². The van der Waals surface area contributed by atoms with Crippen LogP contribution in [0, 0.1) is 6.57 Å². The molecule has 0 fully saturated rings. The molecule has 0 bridgehead atoms. The topological polar surface area (TPSA) is 24.6 Å². The fourth-order valence-corrected chi connectivity index (χ4v) is 2.08. The Morgan fingerprint density at radius 3 is 2.91 bits per heavy atom. The number of nitrogens with zero attached hydrogens (tertiary/aromatic N) is 1. The Labute approximate surface area is 77.4 Å². The molecule has 0 aliphatic heterocycles. The summed E-state index contributed by atoms with van der Waals surface area (Å²) in [5.41, 5.74) is 0. The number of aliphatic hydroxyl groups excluding tert-OH is 1. The molecule has 0 saturated heterocycles. The van der Waals surface area contributed by atoms with Crippen molar-refractivity contribution in [1.82, 2.24) is 0 Å². The van der Waals surface area contributed by atoms with Crippen molar-refractivity contribution in [2.75, 3.05) is 6.54 Å². The predicted molar refractivity (Wildman–Crippen MR) is 48.4 cm³/mol.